The van der Waals surface area contributed by atoms with Gasteiger partial charge in [0.25, 0.3) is 0 Å². The minimum absolute atomic E-state index is 1.15. The number of hydrogen-bond acceptors (Lipinski definition) is 1. The summed E-state index contributed by atoms with van der Waals surface area (Å²) in [6.45, 7) is 2.11. The van der Waals surface area contributed by atoms with Crippen LogP contribution in [0.25, 0.3) is 22.3 Å². The predicted molar refractivity (Wildman–Crippen MR) is 91.6 cm³/mol. The Labute approximate surface area is 126 Å². The first-order valence-electron chi connectivity index (χ1n) is 7.22. The van der Waals surface area contributed by atoms with E-state index in [2.05, 4.69) is 79.0 Å². The summed E-state index contributed by atoms with van der Waals surface area (Å²) in [5, 5.41) is 3.28. The molecule has 3 rings (SSSR count). The van der Waals surface area contributed by atoms with Crippen molar-refractivity contribution in [3.8, 4) is 22.3 Å². The molecule has 0 amide bonds. The Bertz CT molecular complexity index is 728. The highest BCUT2D eigenvalue weighted by Gasteiger charge is 2.06. The molecule has 3 aromatic carbocycles. The first-order valence-corrected chi connectivity index (χ1v) is 7.22. The summed E-state index contributed by atoms with van der Waals surface area (Å²) in [6.07, 6.45) is 0. The Hall–Kier alpha value is -2.54. The van der Waals surface area contributed by atoms with Crippen molar-refractivity contribution < 1.29 is 0 Å². The SMILES string of the molecule is CNc1ccc(-c2ccc(C)cc2)cc1-c1ccccc1. The molecule has 1 nitrogen and oxygen atoms in total. The van der Waals surface area contributed by atoms with Gasteiger partial charge in [0, 0.05) is 18.3 Å². The van der Waals surface area contributed by atoms with Crippen LogP contribution >= 0.6 is 0 Å². The zero-order valence-electron chi connectivity index (χ0n) is 12.4. The van der Waals surface area contributed by atoms with E-state index in [1.54, 1.807) is 0 Å². The molecule has 0 aliphatic heterocycles. The van der Waals surface area contributed by atoms with Gasteiger partial charge in [-0.25, -0.2) is 0 Å². The molecule has 0 heterocycles. The standard InChI is InChI=1S/C20H19N/c1-15-8-10-16(11-9-15)18-12-13-20(21-2)19(14-18)17-6-4-3-5-7-17/h3-14,21H,1-2H3. The second kappa shape index (κ2) is 5.84. The Morgan fingerprint density at radius 1 is 0.667 bits per heavy atom. The third-order valence-electron chi connectivity index (χ3n) is 3.76. The maximum Gasteiger partial charge on any atom is 0.0417 e. The van der Waals surface area contributed by atoms with Crippen molar-refractivity contribution in [2.24, 2.45) is 0 Å². The van der Waals surface area contributed by atoms with Crippen LogP contribution < -0.4 is 5.32 Å². The topological polar surface area (TPSA) is 12.0 Å². The lowest BCUT2D eigenvalue weighted by atomic mass is 9.97. The number of aryl methyl sites for hydroxylation is 1. The minimum atomic E-state index is 1.15. The largest absolute Gasteiger partial charge is 0.388 e. The van der Waals surface area contributed by atoms with Gasteiger partial charge in [-0.1, -0.05) is 66.2 Å². The Kier molecular flexibility index (Phi) is 3.74. The fourth-order valence-electron chi connectivity index (χ4n) is 2.54. The van der Waals surface area contributed by atoms with Gasteiger partial charge >= 0.3 is 0 Å². The van der Waals surface area contributed by atoms with Gasteiger partial charge in [-0.3, -0.25) is 0 Å². The lowest BCUT2D eigenvalue weighted by Crippen LogP contribution is -1.92. The number of rotatable bonds is 3. The van der Waals surface area contributed by atoms with E-state index in [1.165, 1.54) is 27.8 Å². The highest BCUT2D eigenvalue weighted by Crippen LogP contribution is 2.32. The Morgan fingerprint density at radius 3 is 2.00 bits per heavy atom. The fourth-order valence-corrected chi connectivity index (χ4v) is 2.54. The second-order valence-electron chi connectivity index (χ2n) is 5.24. The van der Waals surface area contributed by atoms with Crippen LogP contribution in [-0.2, 0) is 0 Å². The molecule has 0 saturated carbocycles. The molecule has 0 radical (unpaired) electrons. The van der Waals surface area contributed by atoms with E-state index in [1.807, 2.05) is 13.1 Å². The van der Waals surface area contributed by atoms with Crippen LogP contribution in [0.5, 0.6) is 0 Å². The van der Waals surface area contributed by atoms with Gasteiger partial charge < -0.3 is 5.32 Å². The van der Waals surface area contributed by atoms with E-state index >= 15 is 0 Å². The van der Waals surface area contributed by atoms with Crippen molar-refractivity contribution in [2.75, 3.05) is 12.4 Å². The molecule has 1 heteroatoms. The lowest BCUT2D eigenvalue weighted by molar-refractivity contribution is 1.46. The van der Waals surface area contributed by atoms with E-state index in [0.29, 0.717) is 0 Å². The molecule has 3 aromatic rings. The molecular weight excluding hydrogens is 254 g/mol. The Morgan fingerprint density at radius 2 is 1.33 bits per heavy atom. The summed E-state index contributed by atoms with van der Waals surface area (Å²) < 4.78 is 0. The molecule has 0 aliphatic carbocycles. The molecule has 0 atom stereocenters. The molecule has 1 N–H and O–H groups in total. The molecule has 0 fully saturated rings. The molecule has 0 unspecified atom stereocenters. The molecular formula is C20H19N. The summed E-state index contributed by atoms with van der Waals surface area (Å²) in [5.74, 6) is 0. The van der Waals surface area contributed by atoms with Gasteiger partial charge in [0.2, 0.25) is 0 Å². The van der Waals surface area contributed by atoms with Gasteiger partial charge in [-0.05, 0) is 35.7 Å². The zero-order chi connectivity index (χ0) is 14.7. The van der Waals surface area contributed by atoms with Gasteiger partial charge in [-0.2, -0.15) is 0 Å². The van der Waals surface area contributed by atoms with E-state index in [9.17, 15) is 0 Å². The summed E-state index contributed by atoms with van der Waals surface area (Å²) in [6, 6.07) is 25.7. The molecule has 0 aliphatic rings. The highest BCUT2D eigenvalue weighted by atomic mass is 14.8. The van der Waals surface area contributed by atoms with Crippen LogP contribution in [0.1, 0.15) is 5.56 Å². The van der Waals surface area contributed by atoms with Crippen molar-refractivity contribution in [1.82, 2.24) is 0 Å². The third-order valence-corrected chi connectivity index (χ3v) is 3.76. The molecule has 0 aromatic heterocycles. The van der Waals surface area contributed by atoms with Crippen LogP contribution in [0.15, 0.2) is 72.8 Å². The van der Waals surface area contributed by atoms with Crippen molar-refractivity contribution >= 4 is 5.69 Å². The van der Waals surface area contributed by atoms with Crippen LogP contribution in [-0.4, -0.2) is 7.05 Å². The maximum absolute atomic E-state index is 3.28. The first kappa shape index (κ1) is 13.4. The zero-order valence-corrected chi connectivity index (χ0v) is 12.4. The highest BCUT2D eigenvalue weighted by molar-refractivity contribution is 5.83. The van der Waals surface area contributed by atoms with Gasteiger partial charge in [0.15, 0.2) is 0 Å². The summed E-state index contributed by atoms with van der Waals surface area (Å²) in [7, 11) is 1.97. The molecule has 0 spiro atoms. The lowest BCUT2D eigenvalue weighted by Gasteiger charge is -2.12. The first-order chi connectivity index (χ1) is 10.3. The summed E-state index contributed by atoms with van der Waals surface area (Å²) in [5.41, 5.74) is 7.39. The monoisotopic (exact) mass is 273 g/mol. The number of anilines is 1. The van der Waals surface area contributed by atoms with E-state index < -0.39 is 0 Å². The van der Waals surface area contributed by atoms with Crippen LogP contribution in [0.2, 0.25) is 0 Å². The average Bonchev–Trinajstić information content (AvgIpc) is 2.56. The molecule has 0 bridgehead atoms. The summed E-state index contributed by atoms with van der Waals surface area (Å²) in [4.78, 5) is 0. The van der Waals surface area contributed by atoms with Crippen LogP contribution in [0.3, 0.4) is 0 Å². The van der Waals surface area contributed by atoms with Crippen LogP contribution in [0.4, 0.5) is 5.69 Å². The van der Waals surface area contributed by atoms with E-state index in [0.717, 1.165) is 5.69 Å². The van der Waals surface area contributed by atoms with Crippen molar-refractivity contribution in [3.05, 3.63) is 78.4 Å². The Balaban J connectivity index is 2.11. The number of benzene rings is 3. The molecule has 104 valence electrons. The predicted octanol–water partition coefficient (Wildman–Crippen LogP) is 5.37. The van der Waals surface area contributed by atoms with Crippen molar-refractivity contribution in [2.45, 2.75) is 6.92 Å². The fraction of sp³-hybridized carbons (Fsp3) is 0.100. The minimum Gasteiger partial charge on any atom is -0.388 e. The number of nitrogens with one attached hydrogen (secondary N) is 1. The van der Waals surface area contributed by atoms with Crippen LogP contribution in [0, 0.1) is 6.92 Å². The van der Waals surface area contributed by atoms with E-state index in [4.69, 9.17) is 0 Å². The van der Waals surface area contributed by atoms with E-state index in [-0.39, 0.29) is 0 Å². The maximum atomic E-state index is 3.28. The van der Waals surface area contributed by atoms with Gasteiger partial charge in [-0.15, -0.1) is 0 Å². The quantitative estimate of drug-likeness (QED) is 0.676. The second-order valence-corrected chi connectivity index (χ2v) is 5.24. The molecule has 21 heavy (non-hydrogen) atoms. The molecule has 0 saturated heterocycles. The van der Waals surface area contributed by atoms with Crippen molar-refractivity contribution in [1.29, 1.82) is 0 Å². The number of hydrogen-bond donors (Lipinski definition) is 1. The third kappa shape index (κ3) is 2.82. The van der Waals surface area contributed by atoms with Gasteiger partial charge in [0.1, 0.15) is 0 Å². The average molecular weight is 273 g/mol. The normalized spacial score (nSPS) is 10.4. The van der Waals surface area contributed by atoms with Crippen molar-refractivity contribution in [3.63, 3.8) is 0 Å². The van der Waals surface area contributed by atoms with Gasteiger partial charge in [0.05, 0.1) is 0 Å². The smallest absolute Gasteiger partial charge is 0.0417 e. The summed E-state index contributed by atoms with van der Waals surface area (Å²) >= 11 is 0.